The van der Waals surface area contributed by atoms with Gasteiger partial charge in [0.1, 0.15) is 11.8 Å². The molecule has 0 aliphatic carbocycles. The highest BCUT2D eigenvalue weighted by Gasteiger charge is 2.73. The number of nitrogens with zero attached hydrogens (tertiary/aromatic N) is 3. The van der Waals surface area contributed by atoms with Gasteiger partial charge in [0.2, 0.25) is 17.7 Å². The maximum atomic E-state index is 14.6. The first-order valence-corrected chi connectivity index (χ1v) is 16.5. The summed E-state index contributed by atoms with van der Waals surface area (Å²) in [6.07, 6.45) is 10.3. The van der Waals surface area contributed by atoms with Gasteiger partial charge in [0.25, 0.3) is 0 Å². The summed E-state index contributed by atoms with van der Waals surface area (Å²) in [7, 11) is 0. The molecule has 1 unspecified atom stereocenters. The maximum absolute atomic E-state index is 14.6. The van der Waals surface area contributed by atoms with Crippen LogP contribution in [0.15, 0.2) is 78.9 Å². The molecule has 232 valence electrons. The van der Waals surface area contributed by atoms with E-state index in [0.29, 0.717) is 45.6 Å². The van der Waals surface area contributed by atoms with Crippen molar-refractivity contribution < 1.29 is 24.2 Å². The number of unbranched alkanes of at least 4 members (excludes halogenated alkanes) is 2. The van der Waals surface area contributed by atoms with Crippen LogP contribution in [0.1, 0.15) is 38.7 Å². The van der Waals surface area contributed by atoms with E-state index in [9.17, 15) is 19.5 Å². The molecule has 0 bridgehead atoms. The Morgan fingerprint density at radius 3 is 2.36 bits per heavy atom. The number of carbonyl (C=O) groups excluding carboxylic acids is 3. The van der Waals surface area contributed by atoms with Gasteiger partial charge in [0.05, 0.1) is 23.2 Å². The van der Waals surface area contributed by atoms with Crippen molar-refractivity contribution in [1.82, 2.24) is 9.80 Å². The third-order valence-electron chi connectivity index (χ3n) is 9.37. The van der Waals surface area contributed by atoms with Gasteiger partial charge in [0, 0.05) is 43.2 Å². The van der Waals surface area contributed by atoms with Crippen molar-refractivity contribution in [2.24, 2.45) is 11.8 Å². The fourth-order valence-electron chi connectivity index (χ4n) is 7.45. The molecule has 6 rings (SSSR count). The van der Waals surface area contributed by atoms with Crippen molar-refractivity contribution in [3.05, 3.63) is 84.5 Å². The molecule has 1 N–H and O–H groups in total. The van der Waals surface area contributed by atoms with E-state index in [4.69, 9.17) is 4.74 Å². The lowest BCUT2D eigenvalue weighted by Crippen LogP contribution is -2.53. The van der Waals surface area contributed by atoms with E-state index in [-0.39, 0.29) is 24.3 Å². The number of hydrogen-bond acceptors (Lipinski definition) is 6. The molecule has 4 heterocycles. The molecule has 3 amide bonds. The Kier molecular flexibility index (Phi) is 8.61. The van der Waals surface area contributed by atoms with Crippen molar-refractivity contribution in [1.29, 1.82) is 0 Å². The van der Waals surface area contributed by atoms with E-state index >= 15 is 0 Å². The van der Waals surface area contributed by atoms with Gasteiger partial charge in [-0.05, 0) is 62.9 Å². The molecule has 1 spiro atoms. The Labute approximate surface area is 263 Å². The van der Waals surface area contributed by atoms with Gasteiger partial charge in [-0.25, -0.2) is 0 Å². The average molecular weight is 616 g/mol. The molecule has 9 heteroatoms. The van der Waals surface area contributed by atoms with Gasteiger partial charge in [0.15, 0.2) is 0 Å². The van der Waals surface area contributed by atoms with Gasteiger partial charge in [-0.2, -0.15) is 0 Å². The second-order valence-corrected chi connectivity index (χ2v) is 14.0. The maximum Gasteiger partial charge on any atom is 0.247 e. The lowest BCUT2D eigenvalue weighted by molar-refractivity contribution is -0.143. The smallest absolute Gasteiger partial charge is 0.247 e. The van der Waals surface area contributed by atoms with Crippen LogP contribution in [0, 0.1) is 11.8 Å². The minimum absolute atomic E-state index is 0.0794. The highest BCUT2D eigenvalue weighted by molar-refractivity contribution is 8.02. The van der Waals surface area contributed by atoms with E-state index in [0.717, 1.165) is 23.4 Å². The minimum Gasteiger partial charge on any atom is -0.494 e. The first-order valence-electron chi connectivity index (χ1n) is 15.7. The van der Waals surface area contributed by atoms with Crippen LogP contribution in [0.25, 0.3) is 0 Å². The number of likely N-dealkylation sites (tertiary alicyclic amines) is 1. The zero-order chi connectivity index (χ0) is 30.9. The zero-order valence-electron chi connectivity index (χ0n) is 25.4. The number of rotatable bonds is 10. The molecule has 2 aromatic rings. The highest BCUT2D eigenvalue weighted by Crippen LogP contribution is 2.65. The molecule has 2 saturated heterocycles. The Bertz CT molecular complexity index is 1450. The van der Waals surface area contributed by atoms with Crippen molar-refractivity contribution in [2.75, 3.05) is 37.7 Å². The molecule has 5 atom stereocenters. The summed E-state index contributed by atoms with van der Waals surface area (Å²) in [4.78, 5) is 49.1. The zero-order valence-corrected chi connectivity index (χ0v) is 26.2. The molecule has 8 nitrogen and oxygen atoms in total. The van der Waals surface area contributed by atoms with Crippen LogP contribution in [0.3, 0.4) is 0 Å². The Morgan fingerprint density at radius 1 is 0.886 bits per heavy atom. The third-order valence-corrected chi connectivity index (χ3v) is 11.2. The van der Waals surface area contributed by atoms with Crippen LogP contribution in [0.4, 0.5) is 5.69 Å². The number of ether oxygens (including phenoxy) is 1. The van der Waals surface area contributed by atoms with E-state index in [1.54, 1.807) is 21.6 Å². The minimum atomic E-state index is -0.877. The molecule has 0 saturated carbocycles. The number of anilines is 1. The quantitative estimate of drug-likeness (QED) is 0.314. The summed E-state index contributed by atoms with van der Waals surface area (Å²) >= 11 is 1.61. The van der Waals surface area contributed by atoms with Gasteiger partial charge < -0.3 is 24.5 Å². The molecule has 2 fully saturated rings. The molecule has 4 aliphatic rings. The number of thioether (sulfide) groups is 1. The molecule has 0 radical (unpaired) electrons. The van der Waals surface area contributed by atoms with Crippen LogP contribution < -0.4 is 9.64 Å². The number of benzene rings is 2. The predicted molar refractivity (Wildman–Crippen MR) is 172 cm³/mol. The van der Waals surface area contributed by atoms with Gasteiger partial charge >= 0.3 is 0 Å². The van der Waals surface area contributed by atoms with E-state index in [1.165, 1.54) is 0 Å². The molecule has 4 aliphatic heterocycles. The Balaban J connectivity index is 1.38. The first-order chi connectivity index (χ1) is 21.3. The normalized spacial score (nSPS) is 29.4. The van der Waals surface area contributed by atoms with Crippen LogP contribution in [-0.2, 0) is 20.9 Å². The first kappa shape index (κ1) is 30.5. The summed E-state index contributed by atoms with van der Waals surface area (Å²) in [6.45, 7) is 6.33. The summed E-state index contributed by atoms with van der Waals surface area (Å²) < 4.78 is 4.07. The Morgan fingerprint density at radius 2 is 1.64 bits per heavy atom. The van der Waals surface area contributed by atoms with Crippen LogP contribution in [0.5, 0.6) is 5.75 Å². The fraction of sp³-hybridized carbons (Fsp3) is 0.457. The molecule has 2 aromatic carbocycles. The molecular weight excluding hydrogens is 574 g/mol. The SMILES string of the molecule is CCOc1ccc(N2CC=C[C@]3(C)S[C@]45C=CCN(Cc6ccccc6)C(=O)C4N(CCCCCO)C(=O)[C@@H]5[C@@H]3C2=O)cc1. The number of carbonyl (C=O) groups is 3. The number of aliphatic hydroxyl groups is 1. The van der Waals surface area contributed by atoms with E-state index in [2.05, 4.69) is 12.2 Å². The number of amides is 3. The topological polar surface area (TPSA) is 90.4 Å². The van der Waals surface area contributed by atoms with Crippen molar-refractivity contribution in [2.45, 2.75) is 55.2 Å². The second-order valence-electron chi connectivity index (χ2n) is 12.2. The molecular formula is C35H41N3O5S. The summed E-state index contributed by atoms with van der Waals surface area (Å²) in [5.41, 5.74) is 1.78. The average Bonchev–Trinajstić information content (AvgIpc) is 3.29. The lowest BCUT2D eigenvalue weighted by atomic mass is 9.74. The van der Waals surface area contributed by atoms with Gasteiger partial charge in [-0.3, -0.25) is 14.4 Å². The summed E-state index contributed by atoms with van der Waals surface area (Å²) in [5, 5.41) is 9.35. The third kappa shape index (κ3) is 5.24. The lowest BCUT2D eigenvalue weighted by Gasteiger charge is -2.37. The van der Waals surface area contributed by atoms with Crippen molar-refractivity contribution >= 4 is 35.2 Å². The highest BCUT2D eigenvalue weighted by atomic mass is 32.2. The molecule has 0 aromatic heterocycles. The number of aliphatic hydroxyl groups excluding tert-OH is 1. The van der Waals surface area contributed by atoms with Crippen LogP contribution in [0.2, 0.25) is 0 Å². The Hall–Kier alpha value is -3.56. The predicted octanol–water partition coefficient (Wildman–Crippen LogP) is 4.44. The van der Waals surface area contributed by atoms with Crippen LogP contribution >= 0.6 is 11.8 Å². The summed E-state index contributed by atoms with van der Waals surface area (Å²) in [6, 6.07) is 16.7. The van der Waals surface area contributed by atoms with E-state index in [1.807, 2.05) is 85.5 Å². The van der Waals surface area contributed by atoms with Gasteiger partial charge in [-0.1, -0.05) is 54.6 Å². The summed E-state index contributed by atoms with van der Waals surface area (Å²) in [5.74, 6) is -0.899. The standard InChI is InChI=1S/C35H41N3O5S/c1-3-43-27-16-14-26(15-17-27)37-22-10-18-34(2)28(31(37)40)29-32(41)38(21-8-5-9-23-39)30-33(42)36(20-11-19-35(29,30)44-34)24-25-12-6-4-7-13-25/h4,6-7,10-19,28-30,39H,3,5,8-9,20-24H2,1-2H3/t28-,29+,30?,34+,35+/m1/s1. The largest absolute Gasteiger partial charge is 0.494 e. The van der Waals surface area contributed by atoms with E-state index < -0.39 is 27.4 Å². The number of hydrogen-bond donors (Lipinski definition) is 1. The number of fused-ring (bicyclic) bond motifs is 2. The second kappa shape index (κ2) is 12.4. The monoisotopic (exact) mass is 615 g/mol. The van der Waals surface area contributed by atoms with Crippen molar-refractivity contribution in [3.8, 4) is 5.75 Å². The van der Waals surface area contributed by atoms with Crippen molar-refractivity contribution in [3.63, 3.8) is 0 Å². The fourth-order valence-corrected chi connectivity index (χ4v) is 9.60. The van der Waals surface area contributed by atoms with Crippen LogP contribution in [-0.4, -0.2) is 81.0 Å². The molecule has 44 heavy (non-hydrogen) atoms. The van der Waals surface area contributed by atoms with Gasteiger partial charge in [-0.15, -0.1) is 11.8 Å².